The molecule has 0 aromatic heterocycles. The van der Waals surface area contributed by atoms with E-state index >= 15 is 0 Å². The molecule has 2 nitrogen and oxygen atoms in total. The number of hydrogen-bond donors (Lipinski definition) is 0. The molecule has 10 heavy (non-hydrogen) atoms. The lowest BCUT2D eigenvalue weighted by molar-refractivity contribution is -0.139. The fraction of sp³-hybridized carbons (Fsp3) is 0.375. The van der Waals surface area contributed by atoms with Gasteiger partial charge in [-0.1, -0.05) is 24.3 Å². The molecule has 0 rings (SSSR count). The molecule has 0 radical (unpaired) electrons. The molecular weight excluding hydrogens is 128 g/mol. The number of ether oxygens (including phenoxy) is 1. The van der Waals surface area contributed by atoms with E-state index in [1.165, 1.54) is 7.11 Å². The summed E-state index contributed by atoms with van der Waals surface area (Å²) < 4.78 is 4.42. The summed E-state index contributed by atoms with van der Waals surface area (Å²) in [5.41, 5.74) is 0. The van der Waals surface area contributed by atoms with E-state index in [2.05, 4.69) is 4.74 Å². The van der Waals surface area contributed by atoms with Crippen molar-refractivity contribution in [1.29, 1.82) is 0 Å². The van der Waals surface area contributed by atoms with E-state index in [1.54, 1.807) is 6.08 Å². The minimum absolute atomic E-state index is 0.208. The van der Waals surface area contributed by atoms with Gasteiger partial charge in [-0.15, -0.1) is 0 Å². The van der Waals surface area contributed by atoms with Gasteiger partial charge in [0.15, 0.2) is 0 Å². The summed E-state index contributed by atoms with van der Waals surface area (Å²) in [6.45, 7) is 1.92. The molecule has 0 saturated heterocycles. The van der Waals surface area contributed by atoms with Crippen LogP contribution in [0.1, 0.15) is 13.3 Å². The molecule has 0 heterocycles. The van der Waals surface area contributed by atoms with Crippen LogP contribution in [-0.4, -0.2) is 13.1 Å². The number of rotatable bonds is 3. The number of allylic oxidation sites excluding steroid dienone is 3. The second kappa shape index (κ2) is 6.08. The van der Waals surface area contributed by atoms with Crippen LogP contribution in [0.15, 0.2) is 24.3 Å². The Bertz CT molecular complexity index is 145. The minimum Gasteiger partial charge on any atom is -0.469 e. The molecule has 0 aliphatic heterocycles. The molecule has 0 atom stereocenters. The fourth-order valence-electron chi connectivity index (χ4n) is 0.437. The number of carbonyl (C=O) groups is 1. The van der Waals surface area contributed by atoms with E-state index in [9.17, 15) is 4.79 Å². The van der Waals surface area contributed by atoms with E-state index in [0.29, 0.717) is 6.42 Å². The Morgan fingerprint density at radius 1 is 1.50 bits per heavy atom. The van der Waals surface area contributed by atoms with Crippen molar-refractivity contribution in [3.05, 3.63) is 24.3 Å². The monoisotopic (exact) mass is 140 g/mol. The van der Waals surface area contributed by atoms with Gasteiger partial charge in [-0.2, -0.15) is 0 Å². The Labute approximate surface area is 61.2 Å². The van der Waals surface area contributed by atoms with Gasteiger partial charge in [-0.3, -0.25) is 4.79 Å². The van der Waals surface area contributed by atoms with Gasteiger partial charge in [-0.05, 0) is 6.92 Å². The van der Waals surface area contributed by atoms with Crippen LogP contribution in [0.5, 0.6) is 0 Å². The topological polar surface area (TPSA) is 26.3 Å². The van der Waals surface area contributed by atoms with Gasteiger partial charge >= 0.3 is 5.97 Å². The normalized spacial score (nSPS) is 11.0. The Morgan fingerprint density at radius 2 is 2.20 bits per heavy atom. The predicted molar refractivity (Wildman–Crippen MR) is 40.6 cm³/mol. The number of hydrogen-bond acceptors (Lipinski definition) is 2. The highest BCUT2D eigenvalue weighted by atomic mass is 16.5. The maximum atomic E-state index is 10.5. The third-order valence-corrected chi connectivity index (χ3v) is 0.952. The van der Waals surface area contributed by atoms with Crippen LogP contribution in [0.25, 0.3) is 0 Å². The van der Waals surface area contributed by atoms with E-state index in [-0.39, 0.29) is 5.97 Å². The minimum atomic E-state index is -0.208. The average molecular weight is 140 g/mol. The molecule has 56 valence electrons. The van der Waals surface area contributed by atoms with Crippen molar-refractivity contribution in [3.63, 3.8) is 0 Å². The van der Waals surface area contributed by atoms with Gasteiger partial charge < -0.3 is 4.74 Å². The lowest BCUT2D eigenvalue weighted by Crippen LogP contribution is -1.96. The van der Waals surface area contributed by atoms with E-state index in [0.717, 1.165) is 0 Å². The summed E-state index contributed by atoms with van der Waals surface area (Å²) >= 11 is 0. The van der Waals surface area contributed by atoms with E-state index in [1.807, 2.05) is 25.2 Å². The summed E-state index contributed by atoms with van der Waals surface area (Å²) in [5, 5.41) is 0. The second-order valence-electron chi connectivity index (χ2n) is 1.73. The third kappa shape index (κ3) is 5.09. The van der Waals surface area contributed by atoms with Crippen LogP contribution in [-0.2, 0) is 9.53 Å². The Balaban J connectivity index is 3.43. The summed E-state index contributed by atoms with van der Waals surface area (Å²) in [5.74, 6) is -0.208. The predicted octanol–water partition coefficient (Wildman–Crippen LogP) is 1.68. The van der Waals surface area contributed by atoms with Gasteiger partial charge in [0.2, 0.25) is 0 Å². The van der Waals surface area contributed by atoms with Gasteiger partial charge in [0, 0.05) is 0 Å². The van der Waals surface area contributed by atoms with Crippen molar-refractivity contribution >= 4 is 5.97 Å². The average Bonchev–Trinajstić information content (AvgIpc) is 1.98. The standard InChI is InChI=1S/C8H12O2/c1-3-4-5-6-7-8(9)10-2/h3-6H,7H2,1-2H3. The molecule has 0 saturated carbocycles. The second-order valence-corrected chi connectivity index (χ2v) is 1.73. The molecule has 2 heteroatoms. The number of esters is 1. The molecular formula is C8H12O2. The first-order valence-corrected chi connectivity index (χ1v) is 3.16. The SMILES string of the molecule is CC=CC=CCC(=O)OC. The zero-order valence-electron chi connectivity index (χ0n) is 6.33. The van der Waals surface area contributed by atoms with Crippen LogP contribution < -0.4 is 0 Å². The highest BCUT2D eigenvalue weighted by Crippen LogP contribution is 1.86. The van der Waals surface area contributed by atoms with E-state index in [4.69, 9.17) is 0 Å². The molecule has 0 aromatic rings. The largest absolute Gasteiger partial charge is 0.469 e. The smallest absolute Gasteiger partial charge is 0.309 e. The quantitative estimate of drug-likeness (QED) is 0.440. The molecule has 0 spiro atoms. The first-order chi connectivity index (χ1) is 4.81. The van der Waals surface area contributed by atoms with Crippen molar-refractivity contribution in [2.75, 3.05) is 7.11 Å². The third-order valence-electron chi connectivity index (χ3n) is 0.952. The van der Waals surface area contributed by atoms with Crippen LogP contribution in [0.2, 0.25) is 0 Å². The first-order valence-electron chi connectivity index (χ1n) is 3.16. The zero-order valence-corrected chi connectivity index (χ0v) is 6.33. The van der Waals surface area contributed by atoms with Crippen LogP contribution in [0.3, 0.4) is 0 Å². The van der Waals surface area contributed by atoms with Gasteiger partial charge in [0.25, 0.3) is 0 Å². The van der Waals surface area contributed by atoms with Crippen molar-refractivity contribution in [2.24, 2.45) is 0 Å². The van der Waals surface area contributed by atoms with Crippen LogP contribution >= 0.6 is 0 Å². The van der Waals surface area contributed by atoms with Crippen molar-refractivity contribution in [3.8, 4) is 0 Å². The van der Waals surface area contributed by atoms with Gasteiger partial charge in [0.05, 0.1) is 13.5 Å². The number of methoxy groups -OCH3 is 1. The van der Waals surface area contributed by atoms with Crippen LogP contribution in [0, 0.1) is 0 Å². The summed E-state index contributed by atoms with van der Waals surface area (Å²) in [4.78, 5) is 10.5. The molecule has 0 unspecified atom stereocenters. The Morgan fingerprint density at radius 3 is 2.70 bits per heavy atom. The zero-order chi connectivity index (χ0) is 7.82. The highest BCUT2D eigenvalue weighted by molar-refractivity contribution is 5.70. The molecule has 0 bridgehead atoms. The summed E-state index contributed by atoms with van der Waals surface area (Å²) in [6, 6.07) is 0. The maximum Gasteiger partial charge on any atom is 0.309 e. The van der Waals surface area contributed by atoms with Crippen LogP contribution in [0.4, 0.5) is 0 Å². The maximum absolute atomic E-state index is 10.5. The Kier molecular flexibility index (Phi) is 5.44. The fourth-order valence-corrected chi connectivity index (χ4v) is 0.437. The molecule has 0 aromatic carbocycles. The van der Waals surface area contributed by atoms with Crippen molar-refractivity contribution < 1.29 is 9.53 Å². The summed E-state index contributed by atoms with van der Waals surface area (Å²) in [6.07, 6.45) is 7.68. The Hall–Kier alpha value is -1.05. The molecule has 0 aliphatic carbocycles. The lowest BCUT2D eigenvalue weighted by atomic mass is 10.3. The van der Waals surface area contributed by atoms with E-state index < -0.39 is 0 Å². The van der Waals surface area contributed by atoms with Crippen molar-refractivity contribution in [2.45, 2.75) is 13.3 Å². The van der Waals surface area contributed by atoms with Gasteiger partial charge in [0.1, 0.15) is 0 Å². The molecule has 0 aliphatic rings. The van der Waals surface area contributed by atoms with Gasteiger partial charge in [-0.25, -0.2) is 0 Å². The highest BCUT2D eigenvalue weighted by Gasteiger charge is 1.91. The first kappa shape index (κ1) is 8.95. The molecule has 0 N–H and O–H groups in total. The lowest BCUT2D eigenvalue weighted by Gasteiger charge is -1.89. The molecule has 0 fully saturated rings. The number of carbonyl (C=O) groups excluding carboxylic acids is 1. The molecule has 0 amide bonds. The summed E-state index contributed by atoms with van der Waals surface area (Å²) in [7, 11) is 1.38. The van der Waals surface area contributed by atoms with Crippen molar-refractivity contribution in [1.82, 2.24) is 0 Å².